The van der Waals surface area contributed by atoms with Gasteiger partial charge in [-0.1, -0.05) is 30.3 Å². The van der Waals surface area contributed by atoms with E-state index in [2.05, 4.69) is 5.32 Å². The van der Waals surface area contributed by atoms with Crippen molar-refractivity contribution >= 4 is 33.0 Å². The van der Waals surface area contributed by atoms with E-state index in [9.17, 15) is 18.0 Å². The van der Waals surface area contributed by atoms with Crippen molar-refractivity contribution < 1.29 is 27.5 Å². The number of sulfone groups is 1. The highest BCUT2D eigenvalue weighted by molar-refractivity contribution is 7.92. The fraction of sp³-hybridized carbons (Fsp3) is 0.231. The number of nitrogens with one attached hydrogen (secondary N) is 1. The molecule has 1 atom stereocenters. The minimum Gasteiger partial charge on any atom is -0.493 e. The predicted molar refractivity (Wildman–Crippen MR) is 133 cm³/mol. The van der Waals surface area contributed by atoms with Crippen LogP contribution in [-0.2, 0) is 19.4 Å². The largest absolute Gasteiger partial charge is 0.493 e. The number of amides is 2. The Morgan fingerprint density at radius 2 is 1.74 bits per heavy atom. The Morgan fingerprint density at radius 1 is 1.00 bits per heavy atom. The minimum absolute atomic E-state index is 0.00556. The Bertz CT molecular complexity index is 1390. The van der Waals surface area contributed by atoms with Gasteiger partial charge in [-0.2, -0.15) is 0 Å². The zero-order valence-corrected chi connectivity index (χ0v) is 20.5. The van der Waals surface area contributed by atoms with E-state index in [-0.39, 0.29) is 23.5 Å². The molecular formula is C26H26N2O6S. The third-order valence-corrected chi connectivity index (χ3v) is 8.03. The first-order valence-corrected chi connectivity index (χ1v) is 12.5. The number of nitrogens with zero attached hydrogens (tertiary/aromatic N) is 1. The molecule has 1 heterocycles. The SMILES string of the molecule is COc1ccc([C@H]2CC(=O)N(CC(=O)Nc3cccc(C)c3)c3ccccc3S2(=O)=O)cc1OC. The van der Waals surface area contributed by atoms with Gasteiger partial charge in [-0.05, 0) is 54.4 Å². The highest BCUT2D eigenvalue weighted by atomic mass is 32.2. The normalized spacial score (nSPS) is 16.7. The van der Waals surface area contributed by atoms with Gasteiger partial charge in [0.1, 0.15) is 6.54 Å². The standard InChI is InChI=1S/C26H26N2O6S/c1-17-7-6-8-19(13-17)27-25(29)16-28-20-9-4-5-10-23(20)35(31,32)24(15-26(28)30)18-11-12-21(33-2)22(14-18)34-3/h4-14,24H,15-16H2,1-3H3,(H,27,29)/t24-/m1/s1. The van der Waals surface area contributed by atoms with Crippen LogP contribution in [0.5, 0.6) is 11.5 Å². The first kappa shape index (κ1) is 24.3. The lowest BCUT2D eigenvalue weighted by atomic mass is 10.1. The van der Waals surface area contributed by atoms with Gasteiger partial charge >= 0.3 is 0 Å². The number of benzene rings is 3. The molecule has 0 aliphatic carbocycles. The topological polar surface area (TPSA) is 102 Å². The predicted octanol–water partition coefficient (Wildman–Crippen LogP) is 3.90. The van der Waals surface area contributed by atoms with E-state index in [1.54, 1.807) is 42.5 Å². The van der Waals surface area contributed by atoms with Crippen molar-refractivity contribution in [1.29, 1.82) is 0 Å². The molecule has 9 heteroatoms. The van der Waals surface area contributed by atoms with E-state index < -0.39 is 26.9 Å². The van der Waals surface area contributed by atoms with Crippen molar-refractivity contribution in [1.82, 2.24) is 0 Å². The zero-order chi connectivity index (χ0) is 25.2. The average Bonchev–Trinajstić information content (AvgIpc) is 2.92. The van der Waals surface area contributed by atoms with Gasteiger partial charge in [0.25, 0.3) is 0 Å². The maximum Gasteiger partial charge on any atom is 0.244 e. The van der Waals surface area contributed by atoms with E-state index in [1.165, 1.54) is 25.2 Å². The molecule has 0 fully saturated rings. The summed E-state index contributed by atoms with van der Waals surface area (Å²) in [5.41, 5.74) is 2.15. The first-order chi connectivity index (χ1) is 16.7. The Morgan fingerprint density at radius 3 is 2.46 bits per heavy atom. The molecule has 35 heavy (non-hydrogen) atoms. The molecule has 8 nitrogen and oxygen atoms in total. The Labute approximate surface area is 204 Å². The molecule has 0 spiro atoms. The van der Waals surface area contributed by atoms with Gasteiger partial charge < -0.3 is 19.7 Å². The van der Waals surface area contributed by atoms with Crippen LogP contribution in [0.2, 0.25) is 0 Å². The number of hydrogen-bond acceptors (Lipinski definition) is 6. The van der Waals surface area contributed by atoms with Gasteiger partial charge in [0.15, 0.2) is 21.3 Å². The van der Waals surface area contributed by atoms with Gasteiger partial charge in [0.2, 0.25) is 11.8 Å². The molecule has 0 aromatic heterocycles. The van der Waals surface area contributed by atoms with E-state index in [4.69, 9.17) is 9.47 Å². The summed E-state index contributed by atoms with van der Waals surface area (Å²) in [5, 5.41) is 1.63. The van der Waals surface area contributed by atoms with Crippen LogP contribution >= 0.6 is 0 Å². The van der Waals surface area contributed by atoms with Crippen LogP contribution in [0.25, 0.3) is 0 Å². The molecule has 0 bridgehead atoms. The monoisotopic (exact) mass is 494 g/mol. The molecule has 2 amide bonds. The number of carbonyl (C=O) groups excluding carboxylic acids is 2. The van der Waals surface area contributed by atoms with Crippen LogP contribution in [-0.4, -0.2) is 41.0 Å². The highest BCUT2D eigenvalue weighted by Crippen LogP contribution is 2.42. The van der Waals surface area contributed by atoms with E-state index >= 15 is 0 Å². The van der Waals surface area contributed by atoms with Crippen molar-refractivity contribution in [2.24, 2.45) is 0 Å². The fourth-order valence-electron chi connectivity index (χ4n) is 4.18. The molecule has 3 aromatic rings. The summed E-state index contributed by atoms with van der Waals surface area (Å²) in [5.74, 6) is -0.0959. The summed E-state index contributed by atoms with van der Waals surface area (Å²) in [6.45, 7) is 1.58. The number of hydrogen-bond donors (Lipinski definition) is 1. The summed E-state index contributed by atoms with van der Waals surface area (Å²) in [6.07, 6.45) is -0.329. The molecule has 182 valence electrons. The van der Waals surface area contributed by atoms with E-state index in [1.807, 2.05) is 25.1 Å². The molecule has 0 saturated carbocycles. The highest BCUT2D eigenvalue weighted by Gasteiger charge is 2.40. The smallest absolute Gasteiger partial charge is 0.244 e. The van der Waals surface area contributed by atoms with Crippen molar-refractivity contribution in [3.63, 3.8) is 0 Å². The first-order valence-electron chi connectivity index (χ1n) is 11.0. The van der Waals surface area contributed by atoms with Crippen molar-refractivity contribution in [2.45, 2.75) is 23.5 Å². The fourth-order valence-corrected chi connectivity index (χ4v) is 6.09. The number of methoxy groups -OCH3 is 2. The minimum atomic E-state index is -3.97. The summed E-state index contributed by atoms with van der Waals surface area (Å²) in [4.78, 5) is 27.5. The second-order valence-corrected chi connectivity index (χ2v) is 10.3. The number of para-hydroxylation sites is 1. The number of carbonyl (C=O) groups is 2. The number of ether oxygens (including phenoxy) is 2. The quantitative estimate of drug-likeness (QED) is 0.558. The summed E-state index contributed by atoms with van der Waals surface area (Å²) in [7, 11) is -1.03. The molecule has 0 radical (unpaired) electrons. The molecule has 4 rings (SSSR count). The van der Waals surface area contributed by atoms with Crippen LogP contribution in [0.15, 0.2) is 71.6 Å². The van der Waals surface area contributed by atoms with Crippen LogP contribution in [0.4, 0.5) is 11.4 Å². The maximum absolute atomic E-state index is 13.7. The lowest BCUT2D eigenvalue weighted by Gasteiger charge is -2.22. The molecule has 1 aliphatic heterocycles. The zero-order valence-electron chi connectivity index (χ0n) is 19.6. The maximum atomic E-state index is 13.7. The third kappa shape index (κ3) is 4.85. The number of rotatable bonds is 6. The van der Waals surface area contributed by atoms with E-state index in [0.717, 1.165) is 5.56 Å². The number of fused-ring (bicyclic) bond motifs is 1. The lowest BCUT2D eigenvalue weighted by Crippen LogP contribution is -2.38. The van der Waals surface area contributed by atoms with Crippen LogP contribution in [0, 0.1) is 6.92 Å². The second kappa shape index (κ2) is 9.79. The van der Waals surface area contributed by atoms with Gasteiger partial charge in [0, 0.05) is 12.1 Å². The van der Waals surface area contributed by atoms with Crippen LogP contribution in [0.3, 0.4) is 0 Å². The van der Waals surface area contributed by atoms with Crippen LogP contribution < -0.4 is 19.7 Å². The van der Waals surface area contributed by atoms with Gasteiger partial charge in [-0.3, -0.25) is 9.59 Å². The van der Waals surface area contributed by atoms with Crippen LogP contribution in [0.1, 0.15) is 22.8 Å². The van der Waals surface area contributed by atoms with Crippen molar-refractivity contribution in [2.75, 3.05) is 31.0 Å². The lowest BCUT2D eigenvalue weighted by molar-refractivity contribution is -0.121. The summed E-state index contributed by atoms with van der Waals surface area (Å²) in [6, 6.07) is 18.3. The van der Waals surface area contributed by atoms with Crippen molar-refractivity contribution in [3.05, 3.63) is 77.9 Å². The van der Waals surface area contributed by atoms with Gasteiger partial charge in [-0.25, -0.2) is 8.42 Å². The summed E-state index contributed by atoms with van der Waals surface area (Å²) >= 11 is 0. The molecule has 3 aromatic carbocycles. The average molecular weight is 495 g/mol. The van der Waals surface area contributed by atoms with Gasteiger partial charge in [0.05, 0.1) is 30.1 Å². The molecular weight excluding hydrogens is 468 g/mol. The molecule has 0 saturated heterocycles. The summed E-state index contributed by atoms with van der Waals surface area (Å²) < 4.78 is 38.1. The molecule has 1 aliphatic rings. The Hall–Kier alpha value is -3.85. The van der Waals surface area contributed by atoms with E-state index in [0.29, 0.717) is 22.7 Å². The van der Waals surface area contributed by atoms with Gasteiger partial charge in [-0.15, -0.1) is 0 Å². The Kier molecular flexibility index (Phi) is 6.79. The second-order valence-electron chi connectivity index (χ2n) is 8.22. The Balaban J connectivity index is 1.71. The molecule has 0 unspecified atom stereocenters. The van der Waals surface area contributed by atoms with Crippen molar-refractivity contribution in [3.8, 4) is 11.5 Å². The molecule has 1 N–H and O–H groups in total. The third-order valence-electron chi connectivity index (χ3n) is 5.88. The number of anilines is 2. The number of aryl methyl sites for hydroxylation is 1.